The van der Waals surface area contributed by atoms with E-state index in [1.807, 2.05) is 30.5 Å². The number of ketones is 1. The van der Waals surface area contributed by atoms with Crippen molar-refractivity contribution in [3.63, 3.8) is 0 Å². The minimum atomic E-state index is -0.00213. The summed E-state index contributed by atoms with van der Waals surface area (Å²) in [5.74, 6) is 1.13. The Bertz CT molecular complexity index is 860. The molecule has 2 fully saturated rings. The van der Waals surface area contributed by atoms with Crippen LogP contribution in [0.3, 0.4) is 0 Å². The molecule has 128 valence electrons. The molecule has 1 aliphatic carbocycles. The van der Waals surface area contributed by atoms with Crippen molar-refractivity contribution >= 4 is 31.9 Å². The van der Waals surface area contributed by atoms with Crippen LogP contribution in [0.15, 0.2) is 42.3 Å². The van der Waals surface area contributed by atoms with E-state index in [0.717, 1.165) is 33.8 Å². The van der Waals surface area contributed by atoms with Gasteiger partial charge in [-0.15, -0.1) is 0 Å². The van der Waals surface area contributed by atoms with Gasteiger partial charge in [0.05, 0.1) is 0 Å². The molecule has 4 atom stereocenters. The monoisotopic (exact) mass is 421 g/mol. The van der Waals surface area contributed by atoms with Gasteiger partial charge in [0.25, 0.3) is 0 Å². The summed E-state index contributed by atoms with van der Waals surface area (Å²) in [4.78, 5) is 16.8. The summed E-state index contributed by atoms with van der Waals surface area (Å²) < 4.78 is 14.2. The fourth-order valence-corrected chi connectivity index (χ4v) is 5.99. The standard InChI is InChI=1S/C19H16ClNO3Se/c20-11-3-1-10(2-4-11)19-21-8-12(25-19)9-23-16-7-13(22)17-14-5-6-15(24-14)18(16)17/h1-4,7-8,14-15,17-18H,5-6,9H2/t14-,15+,17+,18+/m0/s1. The molecular weight excluding hydrogens is 405 g/mol. The normalized spacial score (nSPS) is 29.8. The summed E-state index contributed by atoms with van der Waals surface area (Å²) in [5.41, 5.74) is 1.10. The van der Waals surface area contributed by atoms with Crippen LogP contribution < -0.4 is 0 Å². The zero-order valence-corrected chi connectivity index (χ0v) is 15.8. The van der Waals surface area contributed by atoms with Gasteiger partial charge in [-0.3, -0.25) is 0 Å². The van der Waals surface area contributed by atoms with Crippen LogP contribution in [0, 0.1) is 11.8 Å². The summed E-state index contributed by atoms with van der Waals surface area (Å²) in [5, 5.41) is 0.729. The molecule has 3 aliphatic rings. The van der Waals surface area contributed by atoms with Crippen LogP contribution in [0.25, 0.3) is 10.1 Å². The van der Waals surface area contributed by atoms with Crippen molar-refractivity contribution in [1.82, 2.24) is 4.98 Å². The molecule has 5 rings (SSSR count). The molecule has 25 heavy (non-hydrogen) atoms. The first-order chi connectivity index (χ1) is 12.2. The third-order valence-electron chi connectivity index (χ3n) is 5.24. The summed E-state index contributed by atoms with van der Waals surface area (Å²) in [7, 11) is 0. The van der Waals surface area contributed by atoms with E-state index >= 15 is 0 Å². The SMILES string of the molecule is O=C1C=C(OCc2cnc(-c3ccc(Cl)cc3)[se]2)[C@@H]2[C@H]1[C@@H]1CC[C@H]2O1. The third kappa shape index (κ3) is 2.70. The van der Waals surface area contributed by atoms with E-state index in [1.165, 1.54) is 4.44 Å². The second-order valence-electron chi connectivity index (χ2n) is 6.72. The number of aromatic nitrogens is 1. The van der Waals surface area contributed by atoms with Crippen LogP contribution in [0.5, 0.6) is 0 Å². The molecule has 3 heterocycles. The van der Waals surface area contributed by atoms with Crippen LogP contribution in [-0.2, 0) is 20.9 Å². The van der Waals surface area contributed by atoms with E-state index in [1.54, 1.807) is 6.08 Å². The predicted molar refractivity (Wildman–Crippen MR) is 94.4 cm³/mol. The van der Waals surface area contributed by atoms with Gasteiger partial charge < -0.3 is 0 Å². The fraction of sp³-hybridized carbons (Fsp3) is 0.368. The molecule has 2 saturated heterocycles. The molecule has 4 nitrogen and oxygen atoms in total. The van der Waals surface area contributed by atoms with E-state index in [9.17, 15) is 4.79 Å². The Hall–Kier alpha value is -1.39. The van der Waals surface area contributed by atoms with Crippen LogP contribution >= 0.6 is 11.6 Å². The minimum absolute atomic E-state index is 0.00213. The van der Waals surface area contributed by atoms with E-state index < -0.39 is 0 Å². The topological polar surface area (TPSA) is 48.4 Å². The summed E-state index contributed by atoms with van der Waals surface area (Å²) in [6.45, 7) is 0.500. The molecule has 2 aromatic rings. The molecule has 0 N–H and O–H groups in total. The number of halogens is 1. The molecule has 2 aliphatic heterocycles. The van der Waals surface area contributed by atoms with Gasteiger partial charge >= 0.3 is 157 Å². The molecule has 0 unspecified atom stereocenters. The second-order valence-corrected chi connectivity index (χ2v) is 9.49. The van der Waals surface area contributed by atoms with E-state index in [-0.39, 0.29) is 44.3 Å². The van der Waals surface area contributed by atoms with Crippen LogP contribution in [-0.4, -0.2) is 37.5 Å². The summed E-state index contributed by atoms with van der Waals surface area (Å²) >= 11 is 6.08. The Morgan fingerprint density at radius 3 is 2.76 bits per heavy atom. The van der Waals surface area contributed by atoms with Crippen molar-refractivity contribution in [3.05, 3.63) is 51.8 Å². The first kappa shape index (κ1) is 15.8. The van der Waals surface area contributed by atoms with Crippen molar-refractivity contribution in [2.75, 3.05) is 0 Å². The fourth-order valence-electron chi connectivity index (χ4n) is 4.13. The van der Waals surface area contributed by atoms with Crippen LogP contribution in [0.2, 0.25) is 5.02 Å². The van der Waals surface area contributed by atoms with Crippen LogP contribution in [0.4, 0.5) is 0 Å². The molecule has 0 spiro atoms. The number of allylic oxidation sites excluding steroid dienone is 1. The number of nitrogens with zero attached hydrogens (tertiary/aromatic N) is 1. The molecule has 0 saturated carbocycles. The first-order valence-corrected chi connectivity index (χ1v) is 10.5. The number of ether oxygens (including phenoxy) is 2. The molecule has 1 aromatic heterocycles. The Balaban J connectivity index is 1.29. The number of carbonyl (C=O) groups is 1. The maximum absolute atomic E-state index is 12.2. The van der Waals surface area contributed by atoms with E-state index in [4.69, 9.17) is 21.1 Å². The quantitative estimate of drug-likeness (QED) is 0.713. The van der Waals surface area contributed by atoms with Gasteiger partial charge in [0.15, 0.2) is 0 Å². The predicted octanol–water partition coefficient (Wildman–Crippen LogP) is 3.24. The van der Waals surface area contributed by atoms with Gasteiger partial charge in [-0.25, -0.2) is 0 Å². The number of hydrogen-bond acceptors (Lipinski definition) is 4. The van der Waals surface area contributed by atoms with Crippen molar-refractivity contribution in [3.8, 4) is 10.1 Å². The Kier molecular flexibility index (Phi) is 3.86. The van der Waals surface area contributed by atoms with Crippen molar-refractivity contribution in [2.24, 2.45) is 11.8 Å². The van der Waals surface area contributed by atoms with Crippen LogP contribution in [0.1, 0.15) is 17.3 Å². The van der Waals surface area contributed by atoms with E-state index in [0.29, 0.717) is 6.61 Å². The van der Waals surface area contributed by atoms with Gasteiger partial charge in [-0.05, 0) is 0 Å². The molecule has 0 radical (unpaired) electrons. The number of carbonyl (C=O) groups excluding carboxylic acids is 1. The molecule has 6 heteroatoms. The third-order valence-corrected chi connectivity index (χ3v) is 7.63. The average Bonchev–Trinajstić information content (AvgIpc) is 3.37. The number of hydrogen-bond donors (Lipinski definition) is 0. The molecule has 0 amide bonds. The number of fused-ring (bicyclic) bond motifs is 5. The van der Waals surface area contributed by atoms with Gasteiger partial charge in [0, 0.05) is 0 Å². The summed E-state index contributed by atoms with van der Waals surface area (Å²) in [6, 6.07) is 7.76. The second kappa shape index (κ2) is 6.10. The van der Waals surface area contributed by atoms with Crippen molar-refractivity contribution in [1.29, 1.82) is 0 Å². The number of benzene rings is 1. The molecule has 1 aromatic carbocycles. The zero-order chi connectivity index (χ0) is 17.0. The Morgan fingerprint density at radius 2 is 1.96 bits per heavy atom. The maximum atomic E-state index is 12.2. The zero-order valence-electron chi connectivity index (χ0n) is 13.4. The Morgan fingerprint density at radius 1 is 1.20 bits per heavy atom. The molecule has 2 bridgehead atoms. The van der Waals surface area contributed by atoms with Gasteiger partial charge in [0.1, 0.15) is 0 Å². The summed E-state index contributed by atoms with van der Waals surface area (Å²) in [6.07, 6.45) is 5.91. The first-order valence-electron chi connectivity index (χ1n) is 8.43. The average molecular weight is 421 g/mol. The Labute approximate surface area is 156 Å². The van der Waals surface area contributed by atoms with E-state index in [2.05, 4.69) is 4.98 Å². The van der Waals surface area contributed by atoms with Crippen molar-refractivity contribution in [2.45, 2.75) is 31.7 Å². The number of rotatable bonds is 4. The van der Waals surface area contributed by atoms with Crippen molar-refractivity contribution < 1.29 is 14.3 Å². The van der Waals surface area contributed by atoms with Gasteiger partial charge in [-0.1, -0.05) is 0 Å². The van der Waals surface area contributed by atoms with Gasteiger partial charge in [-0.2, -0.15) is 0 Å². The molecular formula is C19H16ClNO3Se. The van der Waals surface area contributed by atoms with Gasteiger partial charge in [0.2, 0.25) is 0 Å².